The number of ether oxygens (including phenoxy) is 1. The minimum Gasteiger partial charge on any atom is -0.493 e. The Bertz CT molecular complexity index is 843. The largest absolute Gasteiger partial charge is 0.493 e. The molecule has 1 aromatic heterocycles. The molecule has 30 heavy (non-hydrogen) atoms. The second-order valence-electron chi connectivity index (χ2n) is 8.19. The Balaban J connectivity index is 1.33. The first kappa shape index (κ1) is 20.5. The molecule has 1 fully saturated rings. The van der Waals surface area contributed by atoms with Gasteiger partial charge in [-0.15, -0.1) is 0 Å². The number of hydrogen-bond acceptors (Lipinski definition) is 4. The van der Waals surface area contributed by atoms with Crippen LogP contribution >= 0.6 is 0 Å². The van der Waals surface area contributed by atoms with E-state index >= 15 is 0 Å². The van der Waals surface area contributed by atoms with E-state index in [1.54, 1.807) is 0 Å². The van der Waals surface area contributed by atoms with Crippen LogP contribution < -0.4 is 20.3 Å². The molecule has 0 saturated carbocycles. The van der Waals surface area contributed by atoms with Gasteiger partial charge in [0.15, 0.2) is 5.96 Å². The van der Waals surface area contributed by atoms with Crippen LogP contribution in [-0.4, -0.2) is 49.8 Å². The van der Waals surface area contributed by atoms with E-state index in [1.807, 2.05) is 12.3 Å². The van der Waals surface area contributed by atoms with Gasteiger partial charge in [-0.1, -0.05) is 24.3 Å². The average molecular weight is 408 g/mol. The van der Waals surface area contributed by atoms with E-state index in [4.69, 9.17) is 9.73 Å². The first-order valence-electron chi connectivity index (χ1n) is 11.2. The smallest absolute Gasteiger partial charge is 0.191 e. The summed E-state index contributed by atoms with van der Waals surface area (Å²) in [5, 5.41) is 7.09. The van der Waals surface area contributed by atoms with Gasteiger partial charge < -0.3 is 20.3 Å². The molecule has 6 nitrogen and oxygen atoms in total. The number of fused-ring (bicyclic) bond motifs is 1. The van der Waals surface area contributed by atoms with Crippen molar-refractivity contribution in [2.45, 2.75) is 45.1 Å². The molecule has 1 saturated heterocycles. The SMILES string of the molecule is CCNC(=NCC1CCOc2ccccc21)NC1CCN(c2ccc(C)cn2)CC1. The molecule has 160 valence electrons. The van der Waals surface area contributed by atoms with Crippen LogP contribution in [0.2, 0.25) is 0 Å². The number of anilines is 1. The van der Waals surface area contributed by atoms with Crippen LogP contribution in [0, 0.1) is 6.92 Å². The lowest BCUT2D eigenvalue weighted by molar-refractivity contribution is 0.269. The minimum atomic E-state index is 0.417. The van der Waals surface area contributed by atoms with Gasteiger partial charge in [0.05, 0.1) is 6.61 Å². The van der Waals surface area contributed by atoms with Crippen molar-refractivity contribution in [2.75, 3.05) is 37.7 Å². The fourth-order valence-electron chi connectivity index (χ4n) is 4.22. The molecule has 0 amide bonds. The van der Waals surface area contributed by atoms with Crippen LogP contribution in [0.4, 0.5) is 5.82 Å². The number of aromatic nitrogens is 1. The van der Waals surface area contributed by atoms with Crippen molar-refractivity contribution in [1.82, 2.24) is 15.6 Å². The fourth-order valence-corrected chi connectivity index (χ4v) is 4.22. The van der Waals surface area contributed by atoms with Crippen molar-refractivity contribution < 1.29 is 4.74 Å². The number of aliphatic imine (C=N–C) groups is 1. The zero-order chi connectivity index (χ0) is 20.8. The summed E-state index contributed by atoms with van der Waals surface area (Å²) in [7, 11) is 0. The Morgan fingerprint density at radius 2 is 2.00 bits per heavy atom. The zero-order valence-electron chi connectivity index (χ0n) is 18.1. The lowest BCUT2D eigenvalue weighted by Gasteiger charge is -2.34. The van der Waals surface area contributed by atoms with Crippen molar-refractivity contribution in [3.8, 4) is 5.75 Å². The predicted molar refractivity (Wildman–Crippen MR) is 123 cm³/mol. The van der Waals surface area contributed by atoms with Gasteiger partial charge in [-0.05, 0) is 56.4 Å². The van der Waals surface area contributed by atoms with E-state index in [1.165, 1.54) is 11.1 Å². The molecule has 0 spiro atoms. The van der Waals surface area contributed by atoms with Crippen LogP contribution in [0.1, 0.15) is 43.2 Å². The number of rotatable bonds is 5. The summed E-state index contributed by atoms with van der Waals surface area (Å²) >= 11 is 0. The summed E-state index contributed by atoms with van der Waals surface area (Å²) < 4.78 is 5.79. The molecule has 0 aliphatic carbocycles. The van der Waals surface area contributed by atoms with Crippen molar-refractivity contribution >= 4 is 11.8 Å². The molecular formula is C24H33N5O. The maximum atomic E-state index is 5.79. The molecule has 0 radical (unpaired) electrons. The van der Waals surface area contributed by atoms with Crippen LogP contribution in [0.5, 0.6) is 5.75 Å². The number of nitrogens with one attached hydrogen (secondary N) is 2. The van der Waals surface area contributed by atoms with Gasteiger partial charge in [-0.3, -0.25) is 4.99 Å². The lowest BCUT2D eigenvalue weighted by atomic mass is 9.93. The average Bonchev–Trinajstić information content (AvgIpc) is 2.79. The van der Waals surface area contributed by atoms with E-state index in [9.17, 15) is 0 Å². The maximum Gasteiger partial charge on any atom is 0.191 e. The van der Waals surface area contributed by atoms with Crippen molar-refractivity contribution in [3.63, 3.8) is 0 Å². The van der Waals surface area contributed by atoms with Crippen molar-refractivity contribution in [1.29, 1.82) is 0 Å². The summed E-state index contributed by atoms with van der Waals surface area (Å²) in [5.41, 5.74) is 2.48. The molecule has 1 atom stereocenters. The molecule has 0 bridgehead atoms. The van der Waals surface area contributed by atoms with Crippen LogP contribution in [0.25, 0.3) is 0 Å². The third-order valence-corrected chi connectivity index (χ3v) is 5.95. The quantitative estimate of drug-likeness (QED) is 0.587. The molecule has 2 aliphatic heterocycles. The van der Waals surface area contributed by atoms with Gasteiger partial charge in [0, 0.05) is 44.3 Å². The van der Waals surface area contributed by atoms with Gasteiger partial charge in [0.2, 0.25) is 0 Å². The number of para-hydroxylation sites is 1. The third kappa shape index (κ3) is 5.04. The summed E-state index contributed by atoms with van der Waals surface area (Å²) in [4.78, 5) is 11.9. The number of piperidine rings is 1. The number of pyridine rings is 1. The van der Waals surface area contributed by atoms with Gasteiger partial charge in [-0.25, -0.2) is 4.98 Å². The third-order valence-electron chi connectivity index (χ3n) is 5.95. The second kappa shape index (κ2) is 9.83. The highest BCUT2D eigenvalue weighted by molar-refractivity contribution is 5.80. The van der Waals surface area contributed by atoms with Crippen LogP contribution in [0.3, 0.4) is 0 Å². The van der Waals surface area contributed by atoms with E-state index in [0.29, 0.717) is 12.0 Å². The molecule has 6 heteroatoms. The first-order chi connectivity index (χ1) is 14.7. The number of aryl methyl sites for hydroxylation is 1. The molecule has 4 rings (SSSR count). The number of nitrogens with zero attached hydrogens (tertiary/aromatic N) is 3. The molecular weight excluding hydrogens is 374 g/mol. The maximum absolute atomic E-state index is 5.79. The predicted octanol–water partition coefficient (Wildman–Crippen LogP) is 3.48. The van der Waals surface area contributed by atoms with E-state index in [0.717, 1.165) is 69.6 Å². The highest BCUT2D eigenvalue weighted by Crippen LogP contribution is 2.33. The van der Waals surface area contributed by atoms with Crippen molar-refractivity contribution in [3.05, 3.63) is 53.7 Å². The van der Waals surface area contributed by atoms with Crippen molar-refractivity contribution in [2.24, 2.45) is 4.99 Å². The summed E-state index contributed by atoms with van der Waals surface area (Å²) in [6.07, 6.45) is 5.13. The summed E-state index contributed by atoms with van der Waals surface area (Å²) in [6.45, 7) is 8.64. The standard InChI is InChI=1S/C24H33N5O/c1-3-25-24(27-17-19-12-15-30-22-7-5-4-6-21(19)22)28-20-10-13-29(14-11-20)23-9-8-18(2)16-26-23/h4-9,16,19-20H,3,10-15,17H2,1-2H3,(H2,25,27,28). The first-order valence-corrected chi connectivity index (χ1v) is 11.2. The molecule has 1 unspecified atom stereocenters. The molecule has 2 aromatic rings. The normalized spacial score (nSPS) is 19.7. The van der Waals surface area contributed by atoms with E-state index in [-0.39, 0.29) is 0 Å². The number of guanidine groups is 1. The van der Waals surface area contributed by atoms with Gasteiger partial charge in [0.1, 0.15) is 11.6 Å². The topological polar surface area (TPSA) is 61.8 Å². The van der Waals surface area contributed by atoms with Crippen LogP contribution in [0.15, 0.2) is 47.6 Å². The fraction of sp³-hybridized carbons (Fsp3) is 0.500. The number of benzene rings is 1. The molecule has 2 aliphatic rings. The van der Waals surface area contributed by atoms with E-state index < -0.39 is 0 Å². The second-order valence-corrected chi connectivity index (χ2v) is 8.19. The van der Waals surface area contributed by atoms with E-state index in [2.05, 4.69) is 64.7 Å². The Labute approximate surface area is 179 Å². The summed E-state index contributed by atoms with van der Waals surface area (Å²) in [6, 6.07) is 13.1. The highest BCUT2D eigenvalue weighted by atomic mass is 16.5. The Morgan fingerprint density at radius 1 is 1.17 bits per heavy atom. The zero-order valence-corrected chi connectivity index (χ0v) is 18.1. The Morgan fingerprint density at radius 3 is 2.77 bits per heavy atom. The summed E-state index contributed by atoms with van der Waals surface area (Å²) in [5.74, 6) is 3.44. The van der Waals surface area contributed by atoms with Gasteiger partial charge in [-0.2, -0.15) is 0 Å². The molecule has 1 aromatic carbocycles. The van der Waals surface area contributed by atoms with Gasteiger partial charge in [0.25, 0.3) is 0 Å². The monoisotopic (exact) mass is 407 g/mol. The minimum absolute atomic E-state index is 0.417. The number of hydrogen-bond donors (Lipinski definition) is 2. The van der Waals surface area contributed by atoms with Crippen LogP contribution in [-0.2, 0) is 0 Å². The molecule has 2 N–H and O–H groups in total. The van der Waals surface area contributed by atoms with Gasteiger partial charge >= 0.3 is 0 Å². The Hall–Kier alpha value is -2.76. The molecule has 3 heterocycles. The highest BCUT2D eigenvalue weighted by Gasteiger charge is 2.23. The lowest BCUT2D eigenvalue weighted by Crippen LogP contribution is -2.49. The Kier molecular flexibility index (Phi) is 6.72.